The van der Waals surface area contributed by atoms with Crippen molar-refractivity contribution in [2.75, 3.05) is 0 Å². The quantitative estimate of drug-likeness (QED) is 0.862. The van der Waals surface area contributed by atoms with Gasteiger partial charge in [-0.25, -0.2) is 4.79 Å². The van der Waals surface area contributed by atoms with Crippen LogP contribution in [0, 0.1) is 5.92 Å². The summed E-state index contributed by atoms with van der Waals surface area (Å²) in [6, 6.07) is 4.10. The third-order valence-corrected chi connectivity index (χ3v) is 3.53. The summed E-state index contributed by atoms with van der Waals surface area (Å²) in [5, 5.41) is 5.91. The van der Waals surface area contributed by atoms with Crippen molar-refractivity contribution in [3.05, 3.63) is 30.1 Å². The molecule has 2 amide bonds. The molecule has 2 N–H and O–H groups in total. The van der Waals surface area contributed by atoms with Crippen LogP contribution in [-0.4, -0.2) is 17.1 Å². The maximum absolute atomic E-state index is 11.7. The number of pyridine rings is 1. The van der Waals surface area contributed by atoms with E-state index in [-0.39, 0.29) is 6.03 Å². The van der Waals surface area contributed by atoms with Crippen LogP contribution in [0.25, 0.3) is 0 Å². The summed E-state index contributed by atoms with van der Waals surface area (Å²) < 4.78 is 0. The molecule has 0 saturated heterocycles. The molecular weight excluding hydrogens is 226 g/mol. The average Bonchev–Trinajstić information content (AvgIpc) is 2.40. The summed E-state index contributed by atoms with van der Waals surface area (Å²) in [6.07, 6.45) is 8.12. The number of amides is 2. The minimum atomic E-state index is -0.0709. The zero-order chi connectivity index (χ0) is 12.8. The smallest absolute Gasteiger partial charge is 0.315 e. The topological polar surface area (TPSA) is 54.0 Å². The molecule has 0 atom stereocenters. The monoisotopic (exact) mass is 247 g/mol. The Labute approximate surface area is 108 Å². The lowest BCUT2D eigenvalue weighted by Crippen LogP contribution is -2.43. The van der Waals surface area contributed by atoms with Crippen molar-refractivity contribution in [1.29, 1.82) is 0 Å². The standard InChI is InChI=1S/C14H21N3O/c1-11-4-6-13(7-5-11)17-14(18)16-10-12-3-2-8-15-9-12/h2-3,8-9,11,13H,4-7,10H2,1H3,(H2,16,17,18). The minimum Gasteiger partial charge on any atom is -0.335 e. The van der Waals surface area contributed by atoms with Gasteiger partial charge in [0.2, 0.25) is 0 Å². The molecule has 1 aliphatic carbocycles. The van der Waals surface area contributed by atoms with E-state index in [1.807, 2.05) is 12.1 Å². The SMILES string of the molecule is CC1CCC(NC(=O)NCc2cccnc2)CC1. The molecule has 1 heterocycles. The van der Waals surface area contributed by atoms with Gasteiger partial charge in [0.1, 0.15) is 0 Å². The summed E-state index contributed by atoms with van der Waals surface area (Å²) in [7, 11) is 0. The molecule has 0 aliphatic heterocycles. The molecule has 1 fully saturated rings. The largest absolute Gasteiger partial charge is 0.335 e. The first-order chi connectivity index (χ1) is 8.74. The highest BCUT2D eigenvalue weighted by Gasteiger charge is 2.19. The van der Waals surface area contributed by atoms with E-state index in [1.165, 1.54) is 12.8 Å². The lowest BCUT2D eigenvalue weighted by molar-refractivity contribution is 0.228. The predicted octanol–water partition coefficient (Wildman–Crippen LogP) is 2.46. The fraction of sp³-hybridized carbons (Fsp3) is 0.571. The molecule has 0 aromatic carbocycles. The summed E-state index contributed by atoms with van der Waals surface area (Å²) >= 11 is 0. The Bertz CT molecular complexity index is 372. The van der Waals surface area contributed by atoms with Gasteiger partial charge < -0.3 is 10.6 Å². The van der Waals surface area contributed by atoms with Crippen LogP contribution in [0.4, 0.5) is 4.79 Å². The highest BCUT2D eigenvalue weighted by atomic mass is 16.2. The highest BCUT2D eigenvalue weighted by molar-refractivity contribution is 5.74. The lowest BCUT2D eigenvalue weighted by Gasteiger charge is -2.26. The van der Waals surface area contributed by atoms with Crippen molar-refractivity contribution in [2.45, 2.75) is 45.2 Å². The maximum Gasteiger partial charge on any atom is 0.315 e. The number of aromatic nitrogens is 1. The molecule has 4 nitrogen and oxygen atoms in total. The molecule has 18 heavy (non-hydrogen) atoms. The van der Waals surface area contributed by atoms with Crippen LogP contribution in [0.5, 0.6) is 0 Å². The molecule has 0 unspecified atom stereocenters. The second-order valence-corrected chi connectivity index (χ2v) is 5.15. The van der Waals surface area contributed by atoms with Crippen LogP contribution in [0.15, 0.2) is 24.5 Å². The lowest BCUT2D eigenvalue weighted by atomic mass is 9.87. The van der Waals surface area contributed by atoms with Gasteiger partial charge in [0, 0.05) is 25.0 Å². The molecule has 4 heteroatoms. The van der Waals surface area contributed by atoms with Crippen molar-refractivity contribution in [3.8, 4) is 0 Å². The van der Waals surface area contributed by atoms with Crippen LogP contribution in [-0.2, 0) is 6.54 Å². The van der Waals surface area contributed by atoms with E-state index >= 15 is 0 Å². The van der Waals surface area contributed by atoms with Gasteiger partial charge in [-0.15, -0.1) is 0 Å². The van der Waals surface area contributed by atoms with E-state index in [0.29, 0.717) is 12.6 Å². The third kappa shape index (κ3) is 4.02. The van der Waals surface area contributed by atoms with Gasteiger partial charge in [-0.2, -0.15) is 0 Å². The summed E-state index contributed by atoms with van der Waals surface area (Å²) in [5.74, 6) is 0.807. The molecule has 2 rings (SSSR count). The Morgan fingerprint density at radius 3 is 2.83 bits per heavy atom. The molecule has 1 saturated carbocycles. The summed E-state index contributed by atoms with van der Waals surface area (Å²) in [4.78, 5) is 15.7. The minimum absolute atomic E-state index is 0.0709. The van der Waals surface area contributed by atoms with Gasteiger partial charge in [-0.05, 0) is 43.2 Å². The maximum atomic E-state index is 11.7. The molecule has 0 bridgehead atoms. The van der Waals surface area contributed by atoms with E-state index in [9.17, 15) is 4.79 Å². The molecule has 1 aromatic rings. The van der Waals surface area contributed by atoms with Crippen molar-refractivity contribution >= 4 is 6.03 Å². The van der Waals surface area contributed by atoms with Crippen molar-refractivity contribution in [3.63, 3.8) is 0 Å². The number of carbonyl (C=O) groups excluding carboxylic acids is 1. The Morgan fingerprint density at radius 1 is 1.39 bits per heavy atom. The third-order valence-electron chi connectivity index (χ3n) is 3.53. The van der Waals surface area contributed by atoms with Crippen LogP contribution in [0.1, 0.15) is 38.2 Å². The van der Waals surface area contributed by atoms with Gasteiger partial charge >= 0.3 is 6.03 Å². The Hall–Kier alpha value is -1.58. The fourth-order valence-electron chi connectivity index (χ4n) is 2.33. The van der Waals surface area contributed by atoms with E-state index < -0.39 is 0 Å². The molecule has 1 aliphatic rings. The van der Waals surface area contributed by atoms with Gasteiger partial charge in [-0.3, -0.25) is 4.98 Å². The van der Waals surface area contributed by atoms with Crippen molar-refractivity contribution < 1.29 is 4.79 Å². The number of rotatable bonds is 3. The average molecular weight is 247 g/mol. The first kappa shape index (κ1) is 12.9. The first-order valence-corrected chi connectivity index (χ1v) is 6.67. The Kier molecular flexibility index (Phi) is 4.56. The van der Waals surface area contributed by atoms with E-state index in [0.717, 1.165) is 24.3 Å². The number of nitrogens with zero attached hydrogens (tertiary/aromatic N) is 1. The number of urea groups is 1. The molecule has 98 valence electrons. The second-order valence-electron chi connectivity index (χ2n) is 5.15. The number of hydrogen-bond donors (Lipinski definition) is 2. The zero-order valence-corrected chi connectivity index (χ0v) is 10.9. The number of carbonyl (C=O) groups is 1. The van der Waals surface area contributed by atoms with E-state index in [2.05, 4.69) is 22.5 Å². The predicted molar refractivity (Wildman–Crippen MR) is 71.0 cm³/mol. The molecule has 1 aromatic heterocycles. The highest BCUT2D eigenvalue weighted by Crippen LogP contribution is 2.23. The van der Waals surface area contributed by atoms with Crippen molar-refractivity contribution in [1.82, 2.24) is 15.6 Å². The number of hydrogen-bond acceptors (Lipinski definition) is 2. The Balaban J connectivity index is 1.69. The fourth-order valence-corrected chi connectivity index (χ4v) is 2.33. The van der Waals surface area contributed by atoms with Gasteiger partial charge in [0.05, 0.1) is 0 Å². The van der Waals surface area contributed by atoms with Crippen LogP contribution >= 0.6 is 0 Å². The Morgan fingerprint density at radius 2 is 2.17 bits per heavy atom. The van der Waals surface area contributed by atoms with E-state index in [1.54, 1.807) is 12.4 Å². The normalized spacial score (nSPS) is 23.4. The van der Waals surface area contributed by atoms with Crippen LogP contribution < -0.4 is 10.6 Å². The summed E-state index contributed by atoms with van der Waals surface area (Å²) in [5.41, 5.74) is 1.02. The van der Waals surface area contributed by atoms with Gasteiger partial charge in [0.15, 0.2) is 0 Å². The zero-order valence-electron chi connectivity index (χ0n) is 10.9. The van der Waals surface area contributed by atoms with Crippen LogP contribution in [0.3, 0.4) is 0 Å². The number of nitrogens with one attached hydrogen (secondary N) is 2. The van der Waals surface area contributed by atoms with Gasteiger partial charge in [0.25, 0.3) is 0 Å². The van der Waals surface area contributed by atoms with Crippen molar-refractivity contribution in [2.24, 2.45) is 5.92 Å². The molecule has 0 radical (unpaired) electrons. The molecular formula is C14H21N3O. The van der Waals surface area contributed by atoms with Crippen LogP contribution in [0.2, 0.25) is 0 Å². The van der Waals surface area contributed by atoms with Gasteiger partial charge in [-0.1, -0.05) is 13.0 Å². The first-order valence-electron chi connectivity index (χ1n) is 6.67. The second kappa shape index (κ2) is 6.38. The summed E-state index contributed by atoms with van der Waals surface area (Å²) in [6.45, 7) is 2.81. The molecule has 0 spiro atoms. The van der Waals surface area contributed by atoms with E-state index in [4.69, 9.17) is 0 Å².